The van der Waals surface area contributed by atoms with Gasteiger partial charge in [0.05, 0.1) is 5.56 Å². The van der Waals surface area contributed by atoms with E-state index in [9.17, 15) is 0 Å². The number of aromatic nitrogens is 2. The summed E-state index contributed by atoms with van der Waals surface area (Å²) in [6, 6.07) is 28.5. The predicted octanol–water partition coefficient (Wildman–Crippen LogP) is 8.33. The van der Waals surface area contributed by atoms with Crippen molar-refractivity contribution in [2.75, 3.05) is 0 Å². The molecule has 192 valence electrons. The normalized spacial score (nSPS) is 12.1. The Morgan fingerprint density at radius 3 is 1.76 bits per heavy atom. The van der Waals surface area contributed by atoms with Crippen LogP contribution in [-0.4, -0.2) is 18.5 Å². The fraction of sp³-hybridized carbons (Fsp3) is 0.133. The Morgan fingerprint density at radius 2 is 1.24 bits per heavy atom. The zero-order chi connectivity index (χ0) is 27.1. The summed E-state index contributed by atoms with van der Waals surface area (Å²) in [7, 11) is -3.05. The molecule has 4 aromatic carbocycles. The Morgan fingerprint density at radius 1 is 0.711 bits per heavy atom. The summed E-state index contributed by atoms with van der Waals surface area (Å²) in [5.74, 6) is -0.0734. The van der Waals surface area contributed by atoms with Gasteiger partial charge in [-0.1, -0.05) is 122 Å². The summed E-state index contributed by atoms with van der Waals surface area (Å²) in [6.07, 6.45) is 0. The summed E-state index contributed by atoms with van der Waals surface area (Å²) in [6.45, 7) is 6.50. The van der Waals surface area contributed by atoms with E-state index in [2.05, 4.69) is 55.2 Å². The Hall–Kier alpha value is -2.96. The van der Waals surface area contributed by atoms with Crippen molar-refractivity contribution in [3.8, 4) is 16.9 Å². The third kappa shape index (κ3) is 4.58. The van der Waals surface area contributed by atoms with E-state index in [-0.39, 0.29) is 20.9 Å². The molecule has 0 radical (unpaired) electrons. The molecule has 5 aromatic rings. The minimum Gasteiger partial charge on any atom is -0.533 e. The molecule has 0 aliphatic heterocycles. The smallest absolute Gasteiger partial charge is 0.319 e. The van der Waals surface area contributed by atoms with E-state index in [1.165, 1.54) is 6.07 Å². The van der Waals surface area contributed by atoms with Gasteiger partial charge in [-0.3, -0.25) is 0 Å². The van der Waals surface area contributed by atoms with Gasteiger partial charge in [0.25, 0.3) is 0 Å². The second-order valence-corrected chi connectivity index (χ2v) is 15.4. The van der Waals surface area contributed by atoms with E-state index in [0.29, 0.717) is 27.1 Å². The molecule has 0 saturated heterocycles. The topological polar surface area (TPSA) is 35.0 Å². The average Bonchev–Trinajstić information content (AvgIpc) is 2.90. The van der Waals surface area contributed by atoms with Gasteiger partial charge < -0.3 is 4.43 Å². The highest BCUT2D eigenvalue weighted by atomic mass is 35.5. The van der Waals surface area contributed by atoms with Crippen molar-refractivity contribution >= 4 is 64.3 Å². The average molecular weight is 582 g/mol. The Kier molecular flexibility index (Phi) is 7.22. The largest absolute Gasteiger partial charge is 0.533 e. The number of fused-ring (bicyclic) bond motifs is 1. The number of rotatable bonds is 5. The third-order valence-electron chi connectivity index (χ3n) is 6.70. The Bertz CT molecular complexity index is 1590. The standard InChI is InChI=1S/C30H24Cl3FN2OSi/c1-30(2,3)38(19-11-6-4-7-12-19,20-13-8-5-9-14-20)37-26-16-10-15-25(34)27(26)23-17-21-22(18-24(23)31)29(33)36-35-28(21)32/h4-18H,1-3H3. The molecule has 1 aromatic heterocycles. The van der Waals surface area contributed by atoms with Gasteiger partial charge in [0.1, 0.15) is 11.6 Å². The first-order valence-electron chi connectivity index (χ1n) is 12.0. The van der Waals surface area contributed by atoms with Gasteiger partial charge in [0, 0.05) is 21.4 Å². The van der Waals surface area contributed by atoms with Crippen molar-refractivity contribution in [1.29, 1.82) is 0 Å². The monoisotopic (exact) mass is 580 g/mol. The fourth-order valence-electron chi connectivity index (χ4n) is 4.97. The van der Waals surface area contributed by atoms with Crippen LogP contribution in [0.2, 0.25) is 20.4 Å². The highest BCUT2D eigenvalue weighted by molar-refractivity contribution is 7.00. The summed E-state index contributed by atoms with van der Waals surface area (Å²) in [5.41, 5.74) is 0.674. The number of hydrogen-bond acceptors (Lipinski definition) is 3. The van der Waals surface area contributed by atoms with Crippen LogP contribution in [-0.2, 0) is 0 Å². The lowest BCUT2D eigenvalue weighted by Crippen LogP contribution is -2.68. The fourth-order valence-corrected chi connectivity index (χ4v) is 10.0. The predicted molar refractivity (Wildman–Crippen MR) is 158 cm³/mol. The maximum absolute atomic E-state index is 15.8. The van der Waals surface area contributed by atoms with E-state index in [4.69, 9.17) is 39.2 Å². The van der Waals surface area contributed by atoms with Crippen LogP contribution in [0.4, 0.5) is 4.39 Å². The SMILES string of the molecule is CC(C)(C)[Si](Oc1cccc(F)c1-c1cc2c(Cl)nnc(Cl)c2cc1Cl)(c1ccccc1)c1ccccc1. The van der Waals surface area contributed by atoms with Crippen molar-refractivity contribution < 1.29 is 8.82 Å². The molecular weight excluding hydrogens is 558 g/mol. The molecule has 0 fully saturated rings. The van der Waals surface area contributed by atoms with Gasteiger partial charge in [0.2, 0.25) is 0 Å². The molecule has 0 atom stereocenters. The van der Waals surface area contributed by atoms with Crippen molar-refractivity contribution in [3.05, 3.63) is 112 Å². The first kappa shape index (κ1) is 26.6. The van der Waals surface area contributed by atoms with Crippen molar-refractivity contribution in [1.82, 2.24) is 10.2 Å². The zero-order valence-corrected chi connectivity index (χ0v) is 24.2. The molecule has 3 nitrogen and oxygen atoms in total. The zero-order valence-electron chi connectivity index (χ0n) is 21.0. The lowest BCUT2D eigenvalue weighted by atomic mass is 10.0. The van der Waals surface area contributed by atoms with E-state index in [1.54, 1.807) is 24.3 Å². The highest BCUT2D eigenvalue weighted by Gasteiger charge is 2.52. The minimum absolute atomic E-state index is 0.146. The van der Waals surface area contributed by atoms with Crippen LogP contribution in [0, 0.1) is 5.82 Å². The molecule has 0 bridgehead atoms. The van der Waals surface area contributed by atoms with E-state index < -0.39 is 14.1 Å². The lowest BCUT2D eigenvalue weighted by molar-refractivity contribution is 0.504. The minimum atomic E-state index is -3.05. The third-order valence-corrected chi connectivity index (χ3v) is 12.5. The van der Waals surface area contributed by atoms with Crippen molar-refractivity contribution in [2.45, 2.75) is 25.8 Å². The molecule has 0 spiro atoms. The van der Waals surface area contributed by atoms with Gasteiger partial charge in [-0.05, 0) is 39.7 Å². The second kappa shape index (κ2) is 10.3. The van der Waals surface area contributed by atoms with E-state index in [0.717, 1.165) is 10.4 Å². The van der Waals surface area contributed by atoms with Gasteiger partial charge in [-0.2, -0.15) is 0 Å². The van der Waals surface area contributed by atoms with Crippen LogP contribution in [0.3, 0.4) is 0 Å². The van der Waals surface area contributed by atoms with Crippen molar-refractivity contribution in [2.24, 2.45) is 0 Å². The van der Waals surface area contributed by atoms with Crippen LogP contribution in [0.15, 0.2) is 91.0 Å². The molecule has 5 rings (SSSR count). The number of hydrogen-bond donors (Lipinski definition) is 0. The molecule has 0 unspecified atom stereocenters. The highest BCUT2D eigenvalue weighted by Crippen LogP contribution is 2.44. The Labute approximate surface area is 237 Å². The van der Waals surface area contributed by atoms with Gasteiger partial charge in [-0.15, -0.1) is 10.2 Å². The number of benzene rings is 4. The second-order valence-electron chi connectivity index (χ2n) is 10.0. The molecule has 0 aliphatic carbocycles. The number of halogens is 4. The van der Waals surface area contributed by atoms with E-state index >= 15 is 4.39 Å². The van der Waals surface area contributed by atoms with Crippen LogP contribution in [0.25, 0.3) is 21.9 Å². The summed E-state index contributed by atoms with van der Waals surface area (Å²) in [5, 5.41) is 11.2. The molecule has 38 heavy (non-hydrogen) atoms. The molecular formula is C30H24Cl3FN2OSi. The maximum Gasteiger partial charge on any atom is 0.319 e. The summed E-state index contributed by atoms with van der Waals surface area (Å²) in [4.78, 5) is 0. The van der Waals surface area contributed by atoms with Gasteiger partial charge >= 0.3 is 8.32 Å². The van der Waals surface area contributed by atoms with Crippen LogP contribution in [0.1, 0.15) is 20.8 Å². The summed E-state index contributed by atoms with van der Waals surface area (Å²) < 4.78 is 22.9. The Balaban J connectivity index is 1.80. The first-order chi connectivity index (χ1) is 18.1. The maximum atomic E-state index is 15.8. The molecule has 0 amide bonds. The van der Waals surface area contributed by atoms with Crippen molar-refractivity contribution in [3.63, 3.8) is 0 Å². The molecule has 8 heteroatoms. The van der Waals surface area contributed by atoms with Crippen LogP contribution < -0.4 is 14.8 Å². The number of nitrogens with zero attached hydrogens (tertiary/aromatic N) is 2. The first-order valence-corrected chi connectivity index (χ1v) is 15.1. The molecule has 0 saturated carbocycles. The van der Waals surface area contributed by atoms with Crippen LogP contribution in [0.5, 0.6) is 5.75 Å². The molecule has 0 aliphatic rings. The van der Waals surface area contributed by atoms with Gasteiger partial charge in [-0.25, -0.2) is 4.39 Å². The van der Waals surface area contributed by atoms with Crippen LogP contribution >= 0.6 is 34.8 Å². The molecule has 0 N–H and O–H groups in total. The summed E-state index contributed by atoms with van der Waals surface area (Å²) >= 11 is 19.3. The van der Waals surface area contributed by atoms with E-state index in [1.807, 2.05) is 36.4 Å². The molecule has 1 heterocycles. The quantitative estimate of drug-likeness (QED) is 0.196. The lowest BCUT2D eigenvalue weighted by Gasteiger charge is -2.43. The van der Waals surface area contributed by atoms with Gasteiger partial charge in [0.15, 0.2) is 10.3 Å².